The van der Waals surface area contributed by atoms with Crippen LogP contribution >= 0.6 is 0 Å². The topological polar surface area (TPSA) is 60.7 Å². The van der Waals surface area contributed by atoms with Crippen LogP contribution in [0, 0.1) is 5.92 Å². The molecule has 3 heteroatoms. The molecule has 0 aliphatic rings. The molecule has 3 N–H and O–H groups in total. The van der Waals surface area contributed by atoms with Crippen molar-refractivity contribution < 1.29 is 15.3 Å². The first-order chi connectivity index (χ1) is 4.54. The van der Waals surface area contributed by atoms with Gasteiger partial charge in [0, 0.05) is 6.61 Å². The molecule has 0 aromatic carbocycles. The van der Waals surface area contributed by atoms with E-state index >= 15 is 0 Å². The van der Waals surface area contributed by atoms with Crippen LogP contribution in [-0.4, -0.2) is 28.2 Å². The standard InChI is InChI=1S/C4H10O.C3H8O2/c1-4(2)3-5;1-2-3(4)5/h4-5H,3H2,1-2H3;3-5H,2H2,1H3. The Balaban J connectivity index is 0. The molecule has 0 heterocycles. The Morgan fingerprint density at radius 3 is 1.40 bits per heavy atom. The lowest BCUT2D eigenvalue weighted by atomic mass is 10.2. The molecule has 64 valence electrons. The monoisotopic (exact) mass is 150 g/mol. The zero-order valence-corrected chi connectivity index (χ0v) is 6.91. The Hall–Kier alpha value is -0.120. The molecule has 0 saturated carbocycles. The van der Waals surface area contributed by atoms with Crippen molar-refractivity contribution in [2.24, 2.45) is 5.92 Å². The molecule has 0 radical (unpaired) electrons. The minimum Gasteiger partial charge on any atom is -0.396 e. The average Bonchev–Trinajstić information content (AvgIpc) is 1.89. The third kappa shape index (κ3) is 24.8. The lowest BCUT2D eigenvalue weighted by Gasteiger charge is -1.90. The van der Waals surface area contributed by atoms with E-state index in [2.05, 4.69) is 0 Å². The summed E-state index contributed by atoms with van der Waals surface area (Å²) < 4.78 is 0. The van der Waals surface area contributed by atoms with Gasteiger partial charge in [-0.1, -0.05) is 20.8 Å². The Morgan fingerprint density at radius 1 is 1.20 bits per heavy atom. The highest BCUT2D eigenvalue weighted by atomic mass is 16.5. The highest BCUT2D eigenvalue weighted by molar-refractivity contribution is 4.32. The van der Waals surface area contributed by atoms with Gasteiger partial charge in [0.15, 0.2) is 6.29 Å². The van der Waals surface area contributed by atoms with Gasteiger partial charge in [0.25, 0.3) is 0 Å². The van der Waals surface area contributed by atoms with E-state index < -0.39 is 6.29 Å². The van der Waals surface area contributed by atoms with Crippen LogP contribution in [0.2, 0.25) is 0 Å². The SMILES string of the molecule is CC(C)CO.CCC(O)O. The summed E-state index contributed by atoms with van der Waals surface area (Å²) in [5.74, 6) is 0.440. The van der Waals surface area contributed by atoms with Crippen molar-refractivity contribution in [1.29, 1.82) is 0 Å². The van der Waals surface area contributed by atoms with Gasteiger partial charge in [0.05, 0.1) is 0 Å². The lowest BCUT2D eigenvalue weighted by Crippen LogP contribution is -1.99. The molecular formula is C7H18O3. The van der Waals surface area contributed by atoms with Crippen molar-refractivity contribution in [3.63, 3.8) is 0 Å². The number of hydrogen-bond acceptors (Lipinski definition) is 3. The molecule has 10 heavy (non-hydrogen) atoms. The second-order valence-electron chi connectivity index (χ2n) is 2.47. The predicted molar refractivity (Wildman–Crippen MR) is 40.4 cm³/mol. The third-order valence-electron chi connectivity index (χ3n) is 0.730. The average molecular weight is 150 g/mol. The molecule has 0 atom stereocenters. The molecule has 3 nitrogen and oxygen atoms in total. The second-order valence-corrected chi connectivity index (χ2v) is 2.47. The molecule has 0 aromatic rings. The van der Waals surface area contributed by atoms with Crippen molar-refractivity contribution in [3.8, 4) is 0 Å². The summed E-state index contributed by atoms with van der Waals surface area (Å²) in [5, 5.41) is 24.0. The molecule has 0 rings (SSSR count). The molecule has 0 aromatic heterocycles. The summed E-state index contributed by atoms with van der Waals surface area (Å²) in [5.41, 5.74) is 0. The van der Waals surface area contributed by atoms with Crippen LogP contribution in [0.15, 0.2) is 0 Å². The Morgan fingerprint density at radius 2 is 1.40 bits per heavy atom. The van der Waals surface area contributed by atoms with E-state index in [9.17, 15) is 0 Å². The summed E-state index contributed by atoms with van der Waals surface area (Å²) in [6, 6.07) is 0. The van der Waals surface area contributed by atoms with Gasteiger partial charge in [0.1, 0.15) is 0 Å². The van der Waals surface area contributed by atoms with Crippen LogP contribution < -0.4 is 0 Å². The first-order valence-corrected chi connectivity index (χ1v) is 3.51. The van der Waals surface area contributed by atoms with E-state index in [0.717, 1.165) is 0 Å². The van der Waals surface area contributed by atoms with E-state index in [0.29, 0.717) is 18.9 Å². The fourth-order valence-electron chi connectivity index (χ4n) is 0. The number of hydrogen-bond donors (Lipinski definition) is 3. The fraction of sp³-hybridized carbons (Fsp3) is 1.00. The Labute approximate surface area is 62.3 Å². The third-order valence-corrected chi connectivity index (χ3v) is 0.730. The van der Waals surface area contributed by atoms with Crippen molar-refractivity contribution in [1.82, 2.24) is 0 Å². The molecule has 0 bridgehead atoms. The summed E-state index contributed by atoms with van der Waals surface area (Å²) in [6.07, 6.45) is -0.699. The minimum atomic E-state index is -1.12. The van der Waals surface area contributed by atoms with E-state index in [1.54, 1.807) is 6.92 Å². The van der Waals surface area contributed by atoms with Gasteiger partial charge in [-0.15, -0.1) is 0 Å². The van der Waals surface area contributed by atoms with E-state index in [1.807, 2.05) is 13.8 Å². The van der Waals surface area contributed by atoms with Crippen LogP contribution in [-0.2, 0) is 0 Å². The molecule has 0 spiro atoms. The first-order valence-electron chi connectivity index (χ1n) is 3.51. The van der Waals surface area contributed by atoms with Crippen LogP contribution in [0.1, 0.15) is 27.2 Å². The number of aliphatic hydroxyl groups excluding tert-OH is 2. The van der Waals surface area contributed by atoms with Crippen molar-refractivity contribution in [2.45, 2.75) is 33.5 Å². The molecule has 0 unspecified atom stereocenters. The Kier molecular flexibility index (Phi) is 11.1. The summed E-state index contributed by atoms with van der Waals surface area (Å²) in [6.45, 7) is 5.95. The molecule has 0 fully saturated rings. The summed E-state index contributed by atoms with van der Waals surface area (Å²) >= 11 is 0. The van der Waals surface area contributed by atoms with Crippen molar-refractivity contribution >= 4 is 0 Å². The van der Waals surface area contributed by atoms with Gasteiger partial charge in [0.2, 0.25) is 0 Å². The zero-order chi connectivity index (χ0) is 8.57. The van der Waals surface area contributed by atoms with Gasteiger partial charge in [-0.25, -0.2) is 0 Å². The predicted octanol–water partition coefficient (Wildman–Crippen LogP) is 0.342. The van der Waals surface area contributed by atoms with Gasteiger partial charge in [-0.3, -0.25) is 0 Å². The maximum Gasteiger partial charge on any atom is 0.151 e. The lowest BCUT2D eigenvalue weighted by molar-refractivity contribution is -0.0413. The first kappa shape index (κ1) is 12.5. The largest absolute Gasteiger partial charge is 0.396 e. The van der Waals surface area contributed by atoms with Gasteiger partial charge >= 0.3 is 0 Å². The molecule has 0 aliphatic heterocycles. The smallest absolute Gasteiger partial charge is 0.151 e. The normalized spacial score (nSPS) is 9.60. The quantitative estimate of drug-likeness (QED) is 0.497. The second kappa shape index (κ2) is 8.88. The van der Waals surface area contributed by atoms with Crippen LogP contribution in [0.25, 0.3) is 0 Å². The minimum absolute atomic E-state index is 0.306. The molecule has 0 aliphatic carbocycles. The van der Waals surface area contributed by atoms with Crippen molar-refractivity contribution in [2.75, 3.05) is 6.61 Å². The van der Waals surface area contributed by atoms with Crippen LogP contribution in [0.3, 0.4) is 0 Å². The molecule has 0 saturated heterocycles. The van der Waals surface area contributed by atoms with Crippen molar-refractivity contribution in [3.05, 3.63) is 0 Å². The molecule has 0 amide bonds. The van der Waals surface area contributed by atoms with E-state index in [1.165, 1.54) is 0 Å². The Bertz CT molecular complexity index is 44.8. The van der Waals surface area contributed by atoms with Gasteiger partial charge in [-0.05, 0) is 12.3 Å². The molecular weight excluding hydrogens is 132 g/mol. The van der Waals surface area contributed by atoms with Gasteiger partial charge in [-0.2, -0.15) is 0 Å². The van der Waals surface area contributed by atoms with Crippen LogP contribution in [0.5, 0.6) is 0 Å². The zero-order valence-electron chi connectivity index (χ0n) is 6.91. The van der Waals surface area contributed by atoms with Gasteiger partial charge < -0.3 is 15.3 Å². The van der Waals surface area contributed by atoms with Crippen LogP contribution in [0.4, 0.5) is 0 Å². The summed E-state index contributed by atoms with van der Waals surface area (Å²) in [7, 11) is 0. The maximum absolute atomic E-state index is 8.14. The van der Waals surface area contributed by atoms with E-state index in [4.69, 9.17) is 15.3 Å². The number of rotatable bonds is 2. The highest BCUT2D eigenvalue weighted by Crippen LogP contribution is 1.83. The maximum atomic E-state index is 8.14. The fourth-order valence-corrected chi connectivity index (χ4v) is 0. The highest BCUT2D eigenvalue weighted by Gasteiger charge is 1.83. The summed E-state index contributed by atoms with van der Waals surface area (Å²) in [4.78, 5) is 0. The van der Waals surface area contributed by atoms with E-state index in [-0.39, 0.29) is 0 Å². The number of aliphatic hydroxyl groups is 3.